The fraction of sp³-hybridized carbons (Fsp3) is 0.750. The first-order chi connectivity index (χ1) is 10.2. The van der Waals surface area contributed by atoms with Crippen molar-refractivity contribution in [1.29, 1.82) is 0 Å². The molecule has 4 nitrogen and oxygen atoms in total. The molecule has 2 aliphatic rings. The van der Waals surface area contributed by atoms with Crippen LogP contribution in [0.1, 0.15) is 51.9 Å². The highest BCUT2D eigenvalue weighted by Gasteiger charge is 2.42. The van der Waals surface area contributed by atoms with Crippen LogP contribution in [0.4, 0.5) is 0 Å². The molecule has 1 saturated heterocycles. The van der Waals surface area contributed by atoms with Crippen molar-refractivity contribution in [2.45, 2.75) is 64.0 Å². The monoisotopic (exact) mass is 312 g/mol. The van der Waals surface area contributed by atoms with E-state index in [1.165, 1.54) is 12.0 Å². The molecule has 2 amide bonds. The Morgan fingerprint density at radius 3 is 2.62 bits per heavy atom. The lowest BCUT2D eigenvalue weighted by atomic mass is 9.82. The van der Waals surface area contributed by atoms with E-state index in [2.05, 4.69) is 5.32 Å². The van der Waals surface area contributed by atoms with E-state index in [4.69, 9.17) is 11.6 Å². The van der Waals surface area contributed by atoms with Crippen LogP contribution in [0.5, 0.6) is 0 Å². The highest BCUT2D eigenvalue weighted by Crippen LogP contribution is 2.29. The van der Waals surface area contributed by atoms with E-state index in [-0.39, 0.29) is 23.9 Å². The van der Waals surface area contributed by atoms with Gasteiger partial charge in [0.2, 0.25) is 11.8 Å². The van der Waals surface area contributed by atoms with Crippen LogP contribution in [0.25, 0.3) is 0 Å². The van der Waals surface area contributed by atoms with Crippen molar-refractivity contribution in [3.63, 3.8) is 0 Å². The summed E-state index contributed by atoms with van der Waals surface area (Å²) in [5, 5.41) is 2.99. The number of nitrogens with one attached hydrogen (secondary N) is 1. The molecule has 1 saturated carbocycles. The van der Waals surface area contributed by atoms with Crippen LogP contribution in [0.2, 0.25) is 0 Å². The summed E-state index contributed by atoms with van der Waals surface area (Å²) in [6.45, 7) is 2.45. The third kappa shape index (κ3) is 3.79. The summed E-state index contributed by atoms with van der Waals surface area (Å²) in [5.41, 5.74) is 1.42. The molecule has 2 unspecified atom stereocenters. The van der Waals surface area contributed by atoms with Crippen molar-refractivity contribution in [2.24, 2.45) is 5.92 Å². The fourth-order valence-electron chi connectivity index (χ4n) is 3.50. The second kappa shape index (κ2) is 7.83. The largest absolute Gasteiger partial charge is 0.342 e. The number of carbonyl (C=O) groups excluding carboxylic acids is 2. The van der Waals surface area contributed by atoms with Crippen LogP contribution in [-0.2, 0) is 9.59 Å². The van der Waals surface area contributed by atoms with Crippen molar-refractivity contribution in [3.8, 4) is 0 Å². The Morgan fingerprint density at radius 2 is 2.00 bits per heavy atom. The minimum absolute atomic E-state index is 0.00463. The lowest BCUT2D eigenvalue weighted by Gasteiger charge is -2.42. The predicted octanol–water partition coefficient (Wildman–Crippen LogP) is 2.81. The number of amides is 2. The summed E-state index contributed by atoms with van der Waals surface area (Å²) in [4.78, 5) is 26.9. The van der Waals surface area contributed by atoms with Crippen LogP contribution >= 0.6 is 11.6 Å². The molecule has 5 heteroatoms. The number of nitrogens with zero attached hydrogens (tertiary/aromatic N) is 1. The molecule has 0 aromatic rings. The first kappa shape index (κ1) is 16.3. The first-order valence-electron chi connectivity index (χ1n) is 8.05. The molecule has 1 N–H and O–H groups in total. The Morgan fingerprint density at radius 1 is 1.29 bits per heavy atom. The van der Waals surface area contributed by atoms with Gasteiger partial charge in [-0.3, -0.25) is 9.59 Å². The molecule has 2 atom stereocenters. The third-order valence-electron chi connectivity index (χ3n) is 4.60. The molecular formula is C16H25ClN2O2. The van der Waals surface area contributed by atoms with Gasteiger partial charge in [0.25, 0.3) is 0 Å². The standard InChI is InChI=1S/C16H25ClN2O2/c1-2-7-13-15(20)18-14(12-8-4-3-5-9-12)16(21)19(13)11-6-10-17/h6,10,12-14H,2-5,7-9,11H2,1H3,(H,18,20)/b10-6+. The SMILES string of the molecule is CCCC1C(=O)NC(C2CCCCC2)C(=O)N1C/C=C/Cl. The minimum Gasteiger partial charge on any atom is -0.342 e. The minimum atomic E-state index is -0.352. The van der Waals surface area contributed by atoms with Gasteiger partial charge in [-0.25, -0.2) is 0 Å². The Kier molecular flexibility index (Phi) is 6.09. The topological polar surface area (TPSA) is 49.4 Å². The van der Waals surface area contributed by atoms with Gasteiger partial charge in [0.05, 0.1) is 0 Å². The molecule has 1 aliphatic carbocycles. The van der Waals surface area contributed by atoms with E-state index in [0.717, 1.165) is 32.1 Å². The Balaban J connectivity index is 2.15. The van der Waals surface area contributed by atoms with E-state index in [9.17, 15) is 9.59 Å². The highest BCUT2D eigenvalue weighted by molar-refractivity contribution is 6.25. The zero-order valence-electron chi connectivity index (χ0n) is 12.7. The second-order valence-electron chi connectivity index (χ2n) is 6.04. The molecular weight excluding hydrogens is 288 g/mol. The van der Waals surface area contributed by atoms with E-state index < -0.39 is 0 Å². The number of halogens is 1. The maximum absolute atomic E-state index is 12.8. The quantitative estimate of drug-likeness (QED) is 0.848. The van der Waals surface area contributed by atoms with Gasteiger partial charge < -0.3 is 10.2 Å². The molecule has 0 bridgehead atoms. The molecule has 1 heterocycles. The smallest absolute Gasteiger partial charge is 0.246 e. The van der Waals surface area contributed by atoms with Crippen LogP contribution in [0.15, 0.2) is 11.6 Å². The Hall–Kier alpha value is -1.03. The summed E-state index contributed by atoms with van der Waals surface area (Å²) in [5.74, 6) is 0.352. The molecule has 118 valence electrons. The Labute approximate surface area is 131 Å². The van der Waals surface area contributed by atoms with Crippen LogP contribution in [0.3, 0.4) is 0 Å². The molecule has 2 rings (SSSR count). The van der Waals surface area contributed by atoms with Crippen molar-refractivity contribution in [1.82, 2.24) is 10.2 Å². The zero-order valence-corrected chi connectivity index (χ0v) is 13.4. The van der Waals surface area contributed by atoms with Gasteiger partial charge in [0.15, 0.2) is 0 Å². The number of hydrogen-bond donors (Lipinski definition) is 1. The summed E-state index contributed by atoms with van der Waals surface area (Å²) < 4.78 is 0. The van der Waals surface area contributed by atoms with Crippen molar-refractivity contribution in [2.75, 3.05) is 6.54 Å². The van der Waals surface area contributed by atoms with Gasteiger partial charge in [0, 0.05) is 12.1 Å². The molecule has 1 aliphatic heterocycles. The van der Waals surface area contributed by atoms with Crippen LogP contribution in [0, 0.1) is 5.92 Å². The highest BCUT2D eigenvalue weighted by atomic mass is 35.5. The normalized spacial score (nSPS) is 28.2. The summed E-state index contributed by atoms with van der Waals surface area (Å²) in [6.07, 6.45) is 8.93. The molecule has 0 aromatic heterocycles. The summed E-state index contributed by atoms with van der Waals surface area (Å²) >= 11 is 5.60. The van der Waals surface area contributed by atoms with Gasteiger partial charge in [-0.2, -0.15) is 0 Å². The van der Waals surface area contributed by atoms with E-state index in [1.54, 1.807) is 11.0 Å². The first-order valence-corrected chi connectivity index (χ1v) is 8.48. The fourth-order valence-corrected chi connectivity index (χ4v) is 3.58. The third-order valence-corrected chi connectivity index (χ3v) is 4.78. The summed E-state index contributed by atoms with van der Waals surface area (Å²) in [6, 6.07) is -0.690. The maximum atomic E-state index is 12.8. The van der Waals surface area contributed by atoms with Crippen molar-refractivity contribution >= 4 is 23.4 Å². The number of piperazine rings is 1. The van der Waals surface area contributed by atoms with Gasteiger partial charge in [-0.1, -0.05) is 50.3 Å². The average Bonchev–Trinajstić information content (AvgIpc) is 2.51. The lowest BCUT2D eigenvalue weighted by Crippen LogP contribution is -2.65. The van der Waals surface area contributed by atoms with Gasteiger partial charge in [-0.05, 0) is 25.2 Å². The second-order valence-corrected chi connectivity index (χ2v) is 6.29. The van der Waals surface area contributed by atoms with E-state index in [1.807, 2.05) is 6.92 Å². The van der Waals surface area contributed by atoms with Gasteiger partial charge >= 0.3 is 0 Å². The number of hydrogen-bond acceptors (Lipinski definition) is 2. The average molecular weight is 313 g/mol. The van der Waals surface area contributed by atoms with Crippen molar-refractivity contribution in [3.05, 3.63) is 11.6 Å². The van der Waals surface area contributed by atoms with E-state index in [0.29, 0.717) is 18.9 Å². The maximum Gasteiger partial charge on any atom is 0.246 e. The Bertz CT molecular complexity index is 405. The summed E-state index contributed by atoms with van der Waals surface area (Å²) in [7, 11) is 0. The van der Waals surface area contributed by atoms with Crippen LogP contribution < -0.4 is 5.32 Å². The zero-order chi connectivity index (χ0) is 15.2. The predicted molar refractivity (Wildman–Crippen MR) is 83.9 cm³/mol. The van der Waals surface area contributed by atoms with E-state index >= 15 is 0 Å². The molecule has 0 aromatic carbocycles. The van der Waals surface area contributed by atoms with Gasteiger partial charge in [0.1, 0.15) is 12.1 Å². The molecule has 0 spiro atoms. The molecule has 0 radical (unpaired) electrons. The van der Waals surface area contributed by atoms with Crippen molar-refractivity contribution < 1.29 is 9.59 Å². The molecule has 21 heavy (non-hydrogen) atoms. The number of carbonyl (C=O) groups is 2. The number of rotatable bonds is 5. The molecule has 2 fully saturated rings. The van der Waals surface area contributed by atoms with Gasteiger partial charge in [-0.15, -0.1) is 0 Å². The van der Waals surface area contributed by atoms with Crippen LogP contribution in [-0.4, -0.2) is 35.3 Å². The lowest BCUT2D eigenvalue weighted by molar-refractivity contribution is -0.151.